The maximum absolute atomic E-state index is 12.0. The van der Waals surface area contributed by atoms with Gasteiger partial charge in [0.2, 0.25) is 5.91 Å². The zero-order valence-electron chi connectivity index (χ0n) is 13.1. The van der Waals surface area contributed by atoms with Gasteiger partial charge in [-0.1, -0.05) is 27.2 Å². The van der Waals surface area contributed by atoms with Crippen LogP contribution in [0.3, 0.4) is 0 Å². The molecule has 0 bridgehead atoms. The minimum atomic E-state index is -0.0288. The minimum absolute atomic E-state index is 0.0288. The van der Waals surface area contributed by atoms with Crippen LogP contribution < -0.4 is 5.32 Å². The number of H-pyrrole nitrogens is 1. The van der Waals surface area contributed by atoms with Crippen LogP contribution in [0.15, 0.2) is 0 Å². The molecule has 0 aromatic carbocycles. The molecule has 1 amide bonds. The third-order valence-corrected chi connectivity index (χ3v) is 3.64. The van der Waals surface area contributed by atoms with Gasteiger partial charge in [0.25, 0.3) is 0 Å². The van der Waals surface area contributed by atoms with Crippen LogP contribution >= 0.6 is 12.2 Å². The van der Waals surface area contributed by atoms with Crippen molar-refractivity contribution in [1.29, 1.82) is 0 Å². The van der Waals surface area contributed by atoms with Crippen LogP contribution in [0.2, 0.25) is 0 Å². The standard InChI is InChI=1S/C14H23N5OS/c1-5-6-10-12-13(18(4)17-10)19(14(21)16-12)8-11(20)15-7-9(2)3/h9H,5-8H2,1-4H3,(H,15,20)(H,16,21). The molecule has 0 aliphatic carbocycles. The molecule has 0 aliphatic heterocycles. The van der Waals surface area contributed by atoms with E-state index in [1.807, 2.05) is 11.6 Å². The van der Waals surface area contributed by atoms with Crippen LogP contribution in [0, 0.1) is 10.7 Å². The Labute approximate surface area is 129 Å². The number of nitrogens with zero attached hydrogens (tertiary/aromatic N) is 3. The summed E-state index contributed by atoms with van der Waals surface area (Å²) in [6.07, 6.45) is 1.92. The summed E-state index contributed by atoms with van der Waals surface area (Å²) in [4.78, 5) is 15.2. The molecular weight excluding hydrogens is 286 g/mol. The van der Waals surface area contributed by atoms with Crippen molar-refractivity contribution in [3.63, 3.8) is 0 Å². The summed E-state index contributed by atoms with van der Waals surface area (Å²) >= 11 is 5.35. The third-order valence-electron chi connectivity index (χ3n) is 3.32. The number of aromatic amines is 1. The van der Waals surface area contributed by atoms with E-state index in [9.17, 15) is 4.79 Å². The summed E-state index contributed by atoms with van der Waals surface area (Å²) in [5.41, 5.74) is 2.83. The molecule has 0 spiro atoms. The first kappa shape index (κ1) is 15.8. The van der Waals surface area contributed by atoms with Crippen LogP contribution in [-0.4, -0.2) is 31.8 Å². The maximum Gasteiger partial charge on any atom is 0.240 e. The number of imidazole rings is 1. The highest BCUT2D eigenvalue weighted by Gasteiger charge is 2.16. The molecule has 0 saturated carbocycles. The van der Waals surface area contributed by atoms with E-state index in [0.717, 1.165) is 29.7 Å². The highest BCUT2D eigenvalue weighted by Crippen LogP contribution is 2.18. The van der Waals surface area contributed by atoms with Crippen LogP contribution in [-0.2, 0) is 24.8 Å². The highest BCUT2D eigenvalue weighted by molar-refractivity contribution is 7.71. The van der Waals surface area contributed by atoms with Crippen molar-refractivity contribution < 1.29 is 4.79 Å². The van der Waals surface area contributed by atoms with Crippen LogP contribution in [0.5, 0.6) is 0 Å². The number of carbonyl (C=O) groups excluding carboxylic acids is 1. The largest absolute Gasteiger partial charge is 0.354 e. The third kappa shape index (κ3) is 3.34. The van der Waals surface area contributed by atoms with Gasteiger partial charge < -0.3 is 10.3 Å². The summed E-state index contributed by atoms with van der Waals surface area (Å²) in [7, 11) is 1.88. The Balaban J connectivity index is 2.29. The van der Waals surface area contributed by atoms with E-state index < -0.39 is 0 Å². The van der Waals surface area contributed by atoms with E-state index in [-0.39, 0.29) is 12.5 Å². The lowest BCUT2D eigenvalue weighted by atomic mass is 10.2. The fourth-order valence-electron chi connectivity index (χ4n) is 2.35. The van der Waals surface area contributed by atoms with Gasteiger partial charge in [0.05, 0.1) is 5.69 Å². The van der Waals surface area contributed by atoms with Gasteiger partial charge in [-0.25, -0.2) is 0 Å². The minimum Gasteiger partial charge on any atom is -0.354 e. The molecule has 0 unspecified atom stereocenters. The Bertz CT molecular complexity index is 694. The zero-order chi connectivity index (χ0) is 15.6. The molecule has 21 heavy (non-hydrogen) atoms. The van der Waals surface area contributed by atoms with E-state index in [0.29, 0.717) is 17.2 Å². The van der Waals surface area contributed by atoms with Gasteiger partial charge in [-0.3, -0.25) is 14.0 Å². The lowest BCUT2D eigenvalue weighted by molar-refractivity contribution is -0.121. The van der Waals surface area contributed by atoms with E-state index in [4.69, 9.17) is 12.2 Å². The second-order valence-electron chi connectivity index (χ2n) is 5.73. The van der Waals surface area contributed by atoms with Crippen molar-refractivity contribution in [3.8, 4) is 0 Å². The summed E-state index contributed by atoms with van der Waals surface area (Å²) < 4.78 is 4.17. The molecule has 0 radical (unpaired) electrons. The zero-order valence-corrected chi connectivity index (χ0v) is 13.9. The Morgan fingerprint density at radius 2 is 2.19 bits per heavy atom. The molecule has 2 heterocycles. The summed E-state index contributed by atoms with van der Waals surface area (Å²) in [6, 6.07) is 0. The number of rotatable bonds is 6. The van der Waals surface area contributed by atoms with Crippen molar-refractivity contribution >= 4 is 29.3 Å². The molecule has 7 heteroatoms. The Morgan fingerprint density at radius 3 is 2.81 bits per heavy atom. The smallest absolute Gasteiger partial charge is 0.240 e. The second-order valence-corrected chi connectivity index (χ2v) is 6.12. The summed E-state index contributed by atoms with van der Waals surface area (Å²) in [6.45, 7) is 7.14. The number of fused-ring (bicyclic) bond motifs is 1. The number of amides is 1. The number of hydrogen-bond acceptors (Lipinski definition) is 3. The van der Waals surface area contributed by atoms with E-state index in [1.54, 1.807) is 4.68 Å². The lowest BCUT2D eigenvalue weighted by Gasteiger charge is -2.08. The number of carbonyl (C=O) groups is 1. The van der Waals surface area contributed by atoms with E-state index in [1.165, 1.54) is 0 Å². The fourth-order valence-corrected chi connectivity index (χ4v) is 2.61. The van der Waals surface area contributed by atoms with Gasteiger partial charge in [0.1, 0.15) is 12.1 Å². The quantitative estimate of drug-likeness (QED) is 0.804. The van der Waals surface area contributed by atoms with Crippen molar-refractivity contribution in [3.05, 3.63) is 10.5 Å². The molecule has 0 atom stereocenters. The molecule has 0 saturated heterocycles. The SMILES string of the molecule is CCCc1nn(C)c2c1[nH]c(=S)n2CC(=O)NCC(C)C. The molecule has 116 valence electrons. The Hall–Kier alpha value is -1.63. The normalized spacial score (nSPS) is 11.5. The van der Waals surface area contributed by atoms with E-state index in [2.05, 4.69) is 36.2 Å². The average Bonchev–Trinajstić information content (AvgIpc) is 2.87. The summed E-state index contributed by atoms with van der Waals surface area (Å²) in [5.74, 6) is 0.403. The monoisotopic (exact) mass is 309 g/mol. The number of nitrogens with one attached hydrogen (secondary N) is 2. The second kappa shape index (κ2) is 6.43. The predicted octanol–water partition coefficient (Wildman–Crippen LogP) is 2.16. The highest BCUT2D eigenvalue weighted by atomic mass is 32.1. The first-order valence-electron chi connectivity index (χ1n) is 7.35. The predicted molar refractivity (Wildman–Crippen MR) is 85.7 cm³/mol. The van der Waals surface area contributed by atoms with Crippen molar-refractivity contribution in [1.82, 2.24) is 24.6 Å². The molecule has 0 fully saturated rings. The van der Waals surface area contributed by atoms with Crippen LogP contribution in [0.1, 0.15) is 32.9 Å². The number of aromatic nitrogens is 4. The molecular formula is C14H23N5OS. The number of aryl methyl sites for hydroxylation is 2. The van der Waals surface area contributed by atoms with Crippen molar-refractivity contribution in [2.45, 2.75) is 40.2 Å². The van der Waals surface area contributed by atoms with Crippen molar-refractivity contribution in [2.24, 2.45) is 13.0 Å². The Kier molecular flexibility index (Phi) is 4.82. The van der Waals surface area contributed by atoms with Gasteiger partial charge in [0.15, 0.2) is 10.4 Å². The van der Waals surface area contributed by atoms with Crippen LogP contribution in [0.25, 0.3) is 11.2 Å². The van der Waals surface area contributed by atoms with Gasteiger partial charge in [0, 0.05) is 13.6 Å². The van der Waals surface area contributed by atoms with Gasteiger partial charge in [-0.05, 0) is 24.6 Å². The molecule has 2 rings (SSSR count). The van der Waals surface area contributed by atoms with E-state index >= 15 is 0 Å². The van der Waals surface area contributed by atoms with Crippen LogP contribution in [0.4, 0.5) is 0 Å². The number of hydrogen-bond donors (Lipinski definition) is 2. The first-order chi connectivity index (χ1) is 9.93. The molecule has 2 N–H and O–H groups in total. The maximum atomic E-state index is 12.0. The Morgan fingerprint density at radius 1 is 1.48 bits per heavy atom. The average molecular weight is 309 g/mol. The van der Waals surface area contributed by atoms with Gasteiger partial charge in [-0.15, -0.1) is 0 Å². The van der Waals surface area contributed by atoms with Gasteiger partial charge in [-0.2, -0.15) is 5.10 Å². The van der Waals surface area contributed by atoms with Gasteiger partial charge >= 0.3 is 0 Å². The lowest BCUT2D eigenvalue weighted by Crippen LogP contribution is -2.30. The van der Waals surface area contributed by atoms with Crippen molar-refractivity contribution in [2.75, 3.05) is 6.54 Å². The summed E-state index contributed by atoms with van der Waals surface area (Å²) in [5, 5.41) is 7.42. The topological polar surface area (TPSA) is 67.6 Å². The first-order valence-corrected chi connectivity index (χ1v) is 7.76. The fraction of sp³-hybridized carbons (Fsp3) is 0.643. The molecule has 0 aliphatic rings. The molecule has 6 nitrogen and oxygen atoms in total. The molecule has 2 aromatic heterocycles. The molecule has 2 aromatic rings.